The van der Waals surface area contributed by atoms with Crippen molar-refractivity contribution in [2.45, 2.75) is 165 Å². The number of allylic oxidation sites excluding steroid dienone is 5. The van der Waals surface area contributed by atoms with E-state index in [-0.39, 0.29) is 89.2 Å². The maximum Gasteiger partial charge on any atom is 0.337 e. The number of likely N-dealkylation sites (N-methyl/N-ethyl adjacent to an activating group) is 1. The summed E-state index contributed by atoms with van der Waals surface area (Å²) in [4.78, 5) is 30.3. The highest BCUT2D eigenvalue weighted by Gasteiger charge is 2.61. The molecule has 436 valence electrons. The molecule has 0 radical (unpaired) electrons. The Morgan fingerprint density at radius 3 is 2.61 bits per heavy atom. The van der Waals surface area contributed by atoms with Crippen LogP contribution < -0.4 is 31.8 Å². The Morgan fingerprint density at radius 1 is 1.04 bits per heavy atom. The van der Waals surface area contributed by atoms with Crippen molar-refractivity contribution in [3.05, 3.63) is 156 Å². The largest absolute Gasteiger partial charge is 0.508 e. The van der Waals surface area contributed by atoms with E-state index in [0.717, 1.165) is 83.7 Å². The maximum atomic E-state index is 15.6. The van der Waals surface area contributed by atoms with Gasteiger partial charge in [0.15, 0.2) is 5.43 Å². The second kappa shape index (κ2) is 22.0. The normalized spacial score (nSPS) is 30.3. The molecule has 3 saturated carbocycles. The number of esters is 1. The number of carbonyl (C=O) groups is 1. The highest BCUT2D eigenvalue weighted by Crippen LogP contribution is 2.66. The second-order valence-electron chi connectivity index (χ2n) is 24.9. The lowest BCUT2D eigenvalue weighted by Crippen LogP contribution is -2.60. The van der Waals surface area contributed by atoms with Gasteiger partial charge in [-0.15, -0.1) is 0 Å². The fourth-order valence-corrected chi connectivity index (χ4v) is 16.8. The number of hydrogen-bond acceptors (Lipinski definition) is 16. The molecule has 4 bridgehead atoms. The molecule has 4 aliphatic heterocycles. The lowest BCUT2D eigenvalue weighted by molar-refractivity contribution is -0.172. The van der Waals surface area contributed by atoms with Gasteiger partial charge in [-0.05, 0) is 177 Å². The van der Waals surface area contributed by atoms with E-state index in [9.17, 15) is 40.5 Å². The van der Waals surface area contributed by atoms with Crippen molar-refractivity contribution >= 4 is 16.9 Å². The van der Waals surface area contributed by atoms with Crippen molar-refractivity contribution in [3.8, 4) is 17.2 Å². The quantitative estimate of drug-likeness (QED) is 0.0477. The van der Waals surface area contributed by atoms with Gasteiger partial charge in [-0.1, -0.05) is 62.2 Å². The van der Waals surface area contributed by atoms with Gasteiger partial charge in [0, 0.05) is 60.7 Å². The highest BCUT2D eigenvalue weighted by molar-refractivity contribution is 5.93. The van der Waals surface area contributed by atoms with Crippen molar-refractivity contribution in [3.63, 3.8) is 0 Å². The molecule has 4 aliphatic carbocycles. The van der Waals surface area contributed by atoms with E-state index < -0.39 is 76.9 Å². The zero-order chi connectivity index (χ0) is 57.4. The molecule has 4 aromatic rings. The summed E-state index contributed by atoms with van der Waals surface area (Å²) in [6.07, 6.45) is 14.1. The fourth-order valence-electron chi connectivity index (χ4n) is 16.8. The van der Waals surface area contributed by atoms with Crippen LogP contribution in [0.2, 0.25) is 0 Å². The molecule has 5 heterocycles. The van der Waals surface area contributed by atoms with Crippen LogP contribution in [0.25, 0.3) is 11.0 Å². The lowest BCUT2D eigenvalue weighted by atomic mass is 9.54. The molecule has 3 aromatic carbocycles. The summed E-state index contributed by atoms with van der Waals surface area (Å²) < 4.78 is 21.6. The van der Waals surface area contributed by atoms with Gasteiger partial charge in [-0.25, -0.2) is 4.79 Å². The third-order valence-corrected chi connectivity index (χ3v) is 20.6. The molecule has 3 fully saturated rings. The molecule has 11 atom stereocenters. The van der Waals surface area contributed by atoms with E-state index in [1.165, 1.54) is 5.57 Å². The van der Waals surface area contributed by atoms with E-state index in [1.54, 1.807) is 25.1 Å². The molecule has 8 aliphatic rings. The Kier molecular flexibility index (Phi) is 15.0. The SMILES string of the molecule is CC=C(C(=O)OC1Cc2c3c(c4oc(CO)cc(=O)c4c2O)C2C4=CCNC(N)=C4C(C4CCC5=CC(NCC)NC=C5CC4C1(C)O3)C1(CCCC1)Cc1ccc(O)cc1C2CO)C1(O)CCC(c2cccc(C(O)CCCO)c2)C1. The van der Waals surface area contributed by atoms with Crippen molar-refractivity contribution in [2.75, 3.05) is 26.3 Å². The maximum absolute atomic E-state index is 15.6. The van der Waals surface area contributed by atoms with Crippen molar-refractivity contribution < 1.29 is 54.4 Å². The number of nitrogens with one attached hydrogen (secondary N) is 3. The van der Waals surface area contributed by atoms with Gasteiger partial charge in [0.25, 0.3) is 0 Å². The lowest BCUT2D eigenvalue weighted by Gasteiger charge is -2.55. The predicted octanol–water partition coefficient (Wildman–Crippen LogP) is 7.82. The third-order valence-electron chi connectivity index (χ3n) is 20.6. The topological polar surface area (TPSA) is 269 Å². The van der Waals surface area contributed by atoms with E-state index in [4.69, 9.17) is 19.6 Å². The number of hydrogen-bond donors (Lipinski definition) is 11. The van der Waals surface area contributed by atoms with Crippen molar-refractivity contribution in [1.82, 2.24) is 16.0 Å². The summed E-state index contributed by atoms with van der Waals surface area (Å²) in [5, 5.41) is 91.1. The Bertz CT molecular complexity index is 3410. The Hall–Kier alpha value is -6.40. The fraction of sp³-hybridized carbons (Fsp3) is 0.515. The minimum Gasteiger partial charge on any atom is -0.508 e. The molecule has 1 spiro atoms. The van der Waals surface area contributed by atoms with Crippen molar-refractivity contribution in [2.24, 2.45) is 28.9 Å². The Balaban J connectivity index is 1.09. The Morgan fingerprint density at radius 2 is 1.85 bits per heavy atom. The number of dihydropyridines is 2. The van der Waals surface area contributed by atoms with E-state index in [0.29, 0.717) is 56.5 Å². The molecule has 11 unspecified atom stereocenters. The summed E-state index contributed by atoms with van der Waals surface area (Å²) in [5.74, 6) is -3.23. The number of aliphatic hydroxyl groups excluding tert-OH is 4. The predicted molar refractivity (Wildman–Crippen MR) is 309 cm³/mol. The van der Waals surface area contributed by atoms with Gasteiger partial charge in [0.05, 0.1) is 30.1 Å². The smallest absolute Gasteiger partial charge is 0.337 e. The minimum absolute atomic E-state index is 0.0178. The molecule has 16 heteroatoms. The number of rotatable bonds is 12. The Labute approximate surface area is 478 Å². The standard InChI is InChI=1S/C66H80N4O12/c1-4-48(66(79)21-17-38(31-66)35-10-8-11-37(24-35)50(75)12-9-23-71)63(78)81-52-29-46-59(77)56-51(76)28-42(33-72)80-61(56)57-54-44-18-22-69-62(67)55(44)58(65(19-6-7-20-65)30-39-13-15-41(74)27-45(39)47(54)34-73)43-16-14-36-26-53(68-5-2)70-32-40(36)25-49(43)64(52,3)82-60(46)57/h4,8,10-11,13,15,18,24,26-28,32,38,43,47,49-50,52-54,58,68-75,77,79H,5-7,9,12,14,16-17,19-23,25,29-31,33-34,67H2,1-3H3. The van der Waals surface area contributed by atoms with Gasteiger partial charge in [0.2, 0.25) is 0 Å². The zero-order valence-corrected chi connectivity index (χ0v) is 47.3. The van der Waals surface area contributed by atoms with Gasteiger partial charge in [0.1, 0.15) is 58.1 Å². The third kappa shape index (κ3) is 9.36. The average molecular weight is 1120 g/mol. The van der Waals surface area contributed by atoms with Gasteiger partial charge >= 0.3 is 5.97 Å². The summed E-state index contributed by atoms with van der Waals surface area (Å²) in [7, 11) is 0. The van der Waals surface area contributed by atoms with Crippen LogP contribution in [-0.4, -0.2) is 91.5 Å². The summed E-state index contributed by atoms with van der Waals surface area (Å²) in [6.45, 7) is 5.84. The number of aromatic hydroxyl groups is 2. The van der Waals surface area contributed by atoms with Crippen LogP contribution >= 0.6 is 0 Å². The molecular weight excluding hydrogens is 1040 g/mol. The first-order valence-electron chi connectivity index (χ1n) is 30.0. The molecule has 1 aromatic heterocycles. The molecule has 0 saturated heterocycles. The number of phenols is 2. The molecule has 82 heavy (non-hydrogen) atoms. The monoisotopic (exact) mass is 1120 g/mol. The van der Waals surface area contributed by atoms with Gasteiger partial charge in [-0.3, -0.25) is 10.1 Å². The van der Waals surface area contributed by atoms with Gasteiger partial charge in [-0.2, -0.15) is 0 Å². The summed E-state index contributed by atoms with van der Waals surface area (Å²) in [6, 6.07) is 14.3. The van der Waals surface area contributed by atoms with Crippen LogP contribution in [0.4, 0.5) is 0 Å². The highest BCUT2D eigenvalue weighted by atomic mass is 16.6. The number of nitrogens with two attached hydrogens (primary N) is 1. The number of aliphatic hydroxyl groups is 5. The zero-order valence-electron chi connectivity index (χ0n) is 47.3. The van der Waals surface area contributed by atoms with E-state index in [2.05, 4.69) is 41.2 Å². The molecule has 0 amide bonds. The van der Waals surface area contributed by atoms with Gasteiger partial charge < -0.3 is 66.0 Å². The summed E-state index contributed by atoms with van der Waals surface area (Å²) in [5.41, 5.74) is 11.5. The number of phenolic OH excluding ortho intramolecular Hbond substituents is 2. The first-order chi connectivity index (χ1) is 39.6. The number of benzene rings is 3. The van der Waals surface area contributed by atoms with Crippen LogP contribution in [0, 0.1) is 23.2 Å². The van der Waals surface area contributed by atoms with Crippen LogP contribution in [0.15, 0.2) is 116 Å². The number of carbonyl (C=O) groups excluding carboxylic acids is 1. The first kappa shape index (κ1) is 56.1. The average Bonchev–Trinajstić information content (AvgIpc) is 1.55. The molecular formula is C66H80N4O12. The number of ether oxygens (including phenoxy) is 2. The first-order valence-corrected chi connectivity index (χ1v) is 30.0. The second-order valence-corrected chi connectivity index (χ2v) is 24.9. The molecule has 12 rings (SSSR count). The van der Waals surface area contributed by atoms with E-state index in [1.807, 2.05) is 37.3 Å². The van der Waals surface area contributed by atoms with Crippen LogP contribution in [-0.2, 0) is 29.0 Å². The molecule has 12 N–H and O–H groups in total. The molecule has 16 nitrogen and oxygen atoms in total. The number of fused-ring (bicyclic) bond motifs is 10. The van der Waals surface area contributed by atoms with E-state index >= 15 is 4.79 Å². The summed E-state index contributed by atoms with van der Waals surface area (Å²) >= 11 is 0. The minimum atomic E-state index is -1.60. The van der Waals surface area contributed by atoms with Crippen LogP contribution in [0.1, 0.15) is 161 Å². The van der Waals surface area contributed by atoms with Crippen LogP contribution in [0.5, 0.6) is 17.2 Å². The van der Waals surface area contributed by atoms with Crippen LogP contribution in [0.3, 0.4) is 0 Å². The van der Waals surface area contributed by atoms with Crippen molar-refractivity contribution in [1.29, 1.82) is 0 Å².